The lowest BCUT2D eigenvalue weighted by Gasteiger charge is -2.22. The third-order valence-electron chi connectivity index (χ3n) is 6.83. The molecule has 2 atom stereocenters. The van der Waals surface area contributed by atoms with E-state index in [0.29, 0.717) is 19.6 Å². The van der Waals surface area contributed by atoms with Crippen LogP contribution >= 0.6 is 0 Å². The fourth-order valence-corrected chi connectivity index (χ4v) is 4.37. The van der Waals surface area contributed by atoms with E-state index in [1.807, 2.05) is 12.1 Å². The van der Waals surface area contributed by atoms with Crippen LogP contribution in [0.5, 0.6) is 0 Å². The second-order valence-corrected chi connectivity index (χ2v) is 11.1. The van der Waals surface area contributed by atoms with E-state index in [1.54, 1.807) is 48.5 Å². The molecule has 0 bridgehead atoms. The van der Waals surface area contributed by atoms with Crippen molar-refractivity contribution in [3.63, 3.8) is 0 Å². The third-order valence-corrected chi connectivity index (χ3v) is 6.83. The Kier molecular flexibility index (Phi) is 24.7. The predicted octanol–water partition coefficient (Wildman–Crippen LogP) is -0.149. The highest BCUT2D eigenvalue weighted by molar-refractivity contribution is 5.95. The second kappa shape index (κ2) is 28.6. The van der Waals surface area contributed by atoms with Gasteiger partial charge in [0.15, 0.2) is 0 Å². The molecule has 18 heteroatoms. The number of hydrogen-bond acceptors (Lipinski definition) is 13. The molecule has 0 aliphatic rings. The Balaban J connectivity index is 0.00000117. The Hall–Kier alpha value is -5.10. The zero-order valence-electron chi connectivity index (χ0n) is 29.6. The standard InChI is InChI=1S/C28H34N6O8.C6H18N4/c1-20(35)32-24(17-26(37)42-19-22-10-6-3-7-11-22)28(39)33-23(27(38)30-12-14-40-15-13-31-34-29)16-25(36)41-18-21-8-4-2-5-9-21;7-1-4-10(5-2-8)6-3-9/h2-11,23-24H,12-19H2,1H3,(H,30,38)(H,32,35)(H,33,39);1-9H2/t23-,24+;/m0./s1. The monoisotopic (exact) mass is 728 g/mol. The molecule has 0 radical (unpaired) electrons. The molecule has 18 nitrogen and oxygen atoms in total. The average molecular weight is 729 g/mol. The molecule has 0 spiro atoms. The Labute approximate surface area is 303 Å². The number of carbonyl (C=O) groups is 5. The summed E-state index contributed by atoms with van der Waals surface area (Å²) in [7, 11) is 0. The molecule has 0 aliphatic heterocycles. The molecule has 2 aromatic rings. The molecule has 0 unspecified atom stereocenters. The first-order valence-electron chi connectivity index (χ1n) is 16.8. The number of nitrogens with two attached hydrogens (primary N) is 3. The van der Waals surface area contributed by atoms with Crippen molar-refractivity contribution < 1.29 is 38.2 Å². The molecule has 9 N–H and O–H groups in total. The lowest BCUT2D eigenvalue weighted by atomic mass is 10.1. The van der Waals surface area contributed by atoms with Gasteiger partial charge in [-0.25, -0.2) is 0 Å². The molecular formula is C34H52N10O8. The minimum atomic E-state index is -1.39. The molecule has 2 rings (SSSR count). The van der Waals surface area contributed by atoms with Gasteiger partial charge >= 0.3 is 11.9 Å². The van der Waals surface area contributed by atoms with Crippen molar-refractivity contribution in [1.29, 1.82) is 0 Å². The molecule has 0 saturated carbocycles. The van der Waals surface area contributed by atoms with Gasteiger partial charge in [-0.2, -0.15) is 0 Å². The van der Waals surface area contributed by atoms with E-state index in [4.69, 9.17) is 36.9 Å². The van der Waals surface area contributed by atoms with Crippen LogP contribution in [0.25, 0.3) is 10.4 Å². The van der Waals surface area contributed by atoms with Crippen LogP contribution in [0.1, 0.15) is 30.9 Å². The first kappa shape index (κ1) is 44.9. The summed E-state index contributed by atoms with van der Waals surface area (Å²) in [4.78, 5) is 67.6. The summed E-state index contributed by atoms with van der Waals surface area (Å²) < 4.78 is 15.7. The number of rotatable bonds is 24. The Morgan fingerprint density at radius 2 is 1.23 bits per heavy atom. The van der Waals surface area contributed by atoms with Gasteiger partial charge in [-0.1, -0.05) is 65.8 Å². The maximum atomic E-state index is 13.1. The van der Waals surface area contributed by atoms with E-state index in [-0.39, 0.29) is 39.5 Å². The van der Waals surface area contributed by atoms with Gasteiger partial charge in [0, 0.05) is 64.2 Å². The molecule has 52 heavy (non-hydrogen) atoms. The van der Waals surface area contributed by atoms with E-state index in [2.05, 4.69) is 30.9 Å². The van der Waals surface area contributed by atoms with Gasteiger partial charge in [-0.05, 0) is 16.7 Å². The molecule has 286 valence electrons. The van der Waals surface area contributed by atoms with Crippen LogP contribution in [-0.4, -0.2) is 112 Å². The van der Waals surface area contributed by atoms with Crippen LogP contribution in [0.4, 0.5) is 0 Å². The van der Waals surface area contributed by atoms with Crippen molar-refractivity contribution in [2.75, 3.05) is 65.6 Å². The zero-order valence-corrected chi connectivity index (χ0v) is 29.6. The number of nitrogens with zero attached hydrogens (tertiary/aromatic N) is 4. The van der Waals surface area contributed by atoms with E-state index >= 15 is 0 Å². The van der Waals surface area contributed by atoms with E-state index in [1.165, 1.54) is 6.92 Å². The van der Waals surface area contributed by atoms with Gasteiger partial charge in [-0.15, -0.1) is 0 Å². The van der Waals surface area contributed by atoms with Gasteiger partial charge in [0.1, 0.15) is 25.3 Å². The first-order chi connectivity index (χ1) is 25.1. The topological polar surface area (TPSA) is 279 Å². The number of carbonyl (C=O) groups excluding carboxylic acids is 5. The molecular weight excluding hydrogens is 676 g/mol. The van der Waals surface area contributed by atoms with Crippen LogP contribution < -0.4 is 33.2 Å². The minimum absolute atomic E-state index is 0.0292. The molecule has 2 aromatic carbocycles. The molecule has 0 fully saturated rings. The smallest absolute Gasteiger partial charge is 0.308 e. The molecule has 0 heterocycles. The Bertz CT molecular complexity index is 1370. The van der Waals surface area contributed by atoms with Crippen LogP contribution in [0.3, 0.4) is 0 Å². The van der Waals surface area contributed by atoms with E-state index < -0.39 is 54.6 Å². The number of azide groups is 1. The number of nitrogens with one attached hydrogen (secondary N) is 3. The average Bonchev–Trinajstić information content (AvgIpc) is 3.13. The summed E-state index contributed by atoms with van der Waals surface area (Å²) in [6.07, 6.45) is -1.03. The van der Waals surface area contributed by atoms with Gasteiger partial charge in [0.25, 0.3) is 0 Å². The lowest BCUT2D eigenvalue weighted by Crippen LogP contribution is -2.55. The second-order valence-electron chi connectivity index (χ2n) is 11.1. The highest BCUT2D eigenvalue weighted by Gasteiger charge is 2.30. The zero-order chi connectivity index (χ0) is 38.4. The summed E-state index contributed by atoms with van der Waals surface area (Å²) in [5.41, 5.74) is 25.8. The lowest BCUT2D eigenvalue weighted by molar-refractivity contribution is -0.149. The van der Waals surface area contributed by atoms with Crippen molar-refractivity contribution in [3.05, 3.63) is 82.2 Å². The number of esters is 2. The molecule has 0 saturated heterocycles. The number of benzene rings is 2. The number of amides is 3. The van der Waals surface area contributed by atoms with Crippen molar-refractivity contribution in [3.8, 4) is 0 Å². The third kappa shape index (κ3) is 21.9. The SMILES string of the molecule is CC(=O)N[C@H](CC(=O)OCc1ccccc1)C(=O)N[C@@H](CC(=O)OCc1ccccc1)C(=O)NCCOCCN=[N+]=[N-].NCCN(CCN)CCN. The quantitative estimate of drug-likeness (QED) is 0.0271. The summed E-state index contributed by atoms with van der Waals surface area (Å²) in [6.45, 7) is 6.20. The van der Waals surface area contributed by atoms with Gasteiger partial charge in [-0.3, -0.25) is 28.9 Å². The Morgan fingerprint density at radius 1 is 0.750 bits per heavy atom. The Morgan fingerprint density at radius 3 is 1.67 bits per heavy atom. The van der Waals surface area contributed by atoms with Crippen molar-refractivity contribution in [1.82, 2.24) is 20.9 Å². The molecule has 0 aliphatic carbocycles. The van der Waals surface area contributed by atoms with E-state index in [9.17, 15) is 24.0 Å². The largest absolute Gasteiger partial charge is 0.461 e. The summed E-state index contributed by atoms with van der Waals surface area (Å²) in [5.74, 6) is -3.69. The van der Waals surface area contributed by atoms with Crippen LogP contribution in [0.2, 0.25) is 0 Å². The highest BCUT2D eigenvalue weighted by Crippen LogP contribution is 2.07. The number of hydrogen-bond donors (Lipinski definition) is 6. The van der Waals surface area contributed by atoms with Gasteiger partial charge in [0.2, 0.25) is 17.7 Å². The van der Waals surface area contributed by atoms with Crippen LogP contribution in [0, 0.1) is 0 Å². The fourth-order valence-electron chi connectivity index (χ4n) is 4.37. The van der Waals surface area contributed by atoms with Gasteiger partial charge in [0.05, 0.1) is 26.1 Å². The van der Waals surface area contributed by atoms with Gasteiger partial charge < -0.3 is 47.4 Å². The van der Waals surface area contributed by atoms with E-state index in [0.717, 1.165) is 30.8 Å². The molecule has 0 aromatic heterocycles. The van der Waals surface area contributed by atoms with Crippen molar-refractivity contribution >= 4 is 29.7 Å². The fraction of sp³-hybridized carbons (Fsp3) is 0.500. The first-order valence-corrected chi connectivity index (χ1v) is 16.8. The summed E-state index contributed by atoms with van der Waals surface area (Å²) in [5, 5.41) is 10.7. The van der Waals surface area contributed by atoms with Crippen LogP contribution in [0.15, 0.2) is 65.8 Å². The summed E-state index contributed by atoms with van der Waals surface area (Å²) in [6, 6.07) is 15.0. The van der Waals surface area contributed by atoms with Crippen LogP contribution in [-0.2, 0) is 51.4 Å². The normalized spacial score (nSPS) is 11.5. The maximum Gasteiger partial charge on any atom is 0.308 e. The predicted molar refractivity (Wildman–Crippen MR) is 193 cm³/mol. The number of ether oxygens (including phenoxy) is 3. The highest BCUT2D eigenvalue weighted by atomic mass is 16.5. The maximum absolute atomic E-state index is 13.1. The minimum Gasteiger partial charge on any atom is -0.461 e. The van der Waals surface area contributed by atoms with Crippen molar-refractivity contribution in [2.45, 2.75) is 45.1 Å². The molecule has 3 amide bonds. The summed E-state index contributed by atoms with van der Waals surface area (Å²) >= 11 is 0. The van der Waals surface area contributed by atoms with Crippen molar-refractivity contribution in [2.24, 2.45) is 22.3 Å².